The van der Waals surface area contributed by atoms with E-state index in [1.54, 1.807) is 0 Å². The zero-order valence-corrected chi connectivity index (χ0v) is 25.9. The quantitative estimate of drug-likeness (QED) is 0.345. The van der Waals surface area contributed by atoms with Crippen molar-refractivity contribution in [1.82, 2.24) is 20.4 Å². The van der Waals surface area contributed by atoms with Crippen LogP contribution in [0.3, 0.4) is 0 Å². The summed E-state index contributed by atoms with van der Waals surface area (Å²) in [6.07, 6.45) is 1.88. The van der Waals surface area contributed by atoms with Gasteiger partial charge in [0.2, 0.25) is 11.8 Å². The van der Waals surface area contributed by atoms with Gasteiger partial charge in [-0.25, -0.2) is 0 Å². The Hall–Kier alpha value is -2.90. The molecule has 8 heteroatoms. The molecule has 0 unspecified atom stereocenters. The van der Waals surface area contributed by atoms with Crippen molar-refractivity contribution in [3.63, 3.8) is 0 Å². The topological polar surface area (TPSA) is 64.7 Å². The van der Waals surface area contributed by atoms with E-state index in [4.69, 9.17) is 23.2 Å². The number of carbonyl (C=O) groups is 2. The molecule has 5 rings (SSSR count). The van der Waals surface area contributed by atoms with Gasteiger partial charge in [-0.15, -0.1) is 0 Å². The van der Waals surface area contributed by atoms with Crippen LogP contribution in [0.2, 0.25) is 10.0 Å². The number of piperidine rings is 2. The number of carbonyl (C=O) groups excluding carboxylic acids is 2. The molecule has 0 radical (unpaired) electrons. The lowest BCUT2D eigenvalue weighted by molar-refractivity contribution is -0.128. The van der Waals surface area contributed by atoms with Gasteiger partial charge in [-0.3, -0.25) is 9.59 Å². The molecule has 2 fully saturated rings. The molecule has 2 aliphatic rings. The number of nitrogens with zero attached hydrogens (tertiary/aromatic N) is 2. The average Bonchev–Trinajstić information content (AvgIpc) is 3.00. The average molecular weight is 608 g/mol. The fourth-order valence-electron chi connectivity index (χ4n) is 6.39. The zero-order valence-electron chi connectivity index (χ0n) is 24.4. The Labute approximate surface area is 259 Å². The van der Waals surface area contributed by atoms with Crippen LogP contribution in [0.4, 0.5) is 0 Å². The van der Waals surface area contributed by atoms with Crippen molar-refractivity contribution in [2.24, 2.45) is 11.8 Å². The van der Waals surface area contributed by atoms with Crippen LogP contribution in [-0.2, 0) is 22.7 Å². The molecule has 0 aromatic heterocycles. The van der Waals surface area contributed by atoms with Crippen molar-refractivity contribution in [3.05, 3.63) is 105 Å². The number of amides is 2. The maximum absolute atomic E-state index is 13.3. The van der Waals surface area contributed by atoms with E-state index in [-0.39, 0.29) is 35.5 Å². The maximum atomic E-state index is 13.3. The first-order chi connectivity index (χ1) is 20.3. The predicted molar refractivity (Wildman–Crippen MR) is 170 cm³/mol. The summed E-state index contributed by atoms with van der Waals surface area (Å²) >= 11 is 12.2. The summed E-state index contributed by atoms with van der Waals surface area (Å²) in [5.41, 5.74) is 4.39. The number of hydrogen-bond acceptors (Lipinski definition) is 4. The molecule has 0 saturated carbocycles. The Bertz CT molecular complexity index is 1240. The highest BCUT2D eigenvalue weighted by Crippen LogP contribution is 2.34. The SMILES string of the molecule is CN1CC[C@@H](c2ccc(Cl)cc2)[C@H](C(=O)NCc2ccc(CNC(=O)[C@@H]3CN(C)CC[C@H]3c3ccc(Cl)cc3)cc2)C1. The van der Waals surface area contributed by atoms with Gasteiger partial charge in [-0.05, 0) is 98.4 Å². The molecular formula is C34H40Cl2N4O2. The first-order valence-electron chi connectivity index (χ1n) is 14.8. The molecule has 0 spiro atoms. The van der Waals surface area contributed by atoms with E-state index in [1.165, 1.54) is 11.1 Å². The first kappa shape index (κ1) is 30.6. The molecule has 42 heavy (non-hydrogen) atoms. The van der Waals surface area contributed by atoms with Crippen molar-refractivity contribution in [2.45, 2.75) is 37.8 Å². The second-order valence-corrected chi connectivity index (χ2v) is 12.8. The minimum Gasteiger partial charge on any atom is -0.352 e. The normalized spacial score (nSPS) is 23.3. The van der Waals surface area contributed by atoms with Crippen LogP contribution < -0.4 is 10.6 Å². The molecule has 2 heterocycles. The van der Waals surface area contributed by atoms with Crippen LogP contribution in [0.5, 0.6) is 0 Å². The highest BCUT2D eigenvalue weighted by Gasteiger charge is 2.35. The molecule has 2 aliphatic heterocycles. The largest absolute Gasteiger partial charge is 0.352 e. The van der Waals surface area contributed by atoms with E-state index in [2.05, 4.69) is 34.5 Å². The van der Waals surface area contributed by atoms with Crippen molar-refractivity contribution in [3.8, 4) is 0 Å². The van der Waals surface area contributed by atoms with Crippen LogP contribution in [-0.4, -0.2) is 61.9 Å². The van der Waals surface area contributed by atoms with Gasteiger partial charge in [0.1, 0.15) is 0 Å². The van der Waals surface area contributed by atoms with Crippen molar-refractivity contribution in [2.75, 3.05) is 40.3 Å². The van der Waals surface area contributed by atoms with Crippen molar-refractivity contribution < 1.29 is 9.59 Å². The van der Waals surface area contributed by atoms with Crippen molar-refractivity contribution >= 4 is 35.0 Å². The number of nitrogens with one attached hydrogen (secondary N) is 2. The minimum absolute atomic E-state index is 0.0746. The lowest BCUT2D eigenvalue weighted by atomic mass is 9.80. The Balaban J connectivity index is 1.15. The zero-order chi connectivity index (χ0) is 29.6. The van der Waals surface area contributed by atoms with Gasteiger partial charge in [0, 0.05) is 36.2 Å². The fraction of sp³-hybridized carbons (Fsp3) is 0.412. The second-order valence-electron chi connectivity index (χ2n) is 11.9. The Morgan fingerprint density at radius 1 is 0.643 bits per heavy atom. The van der Waals surface area contributed by atoms with Crippen LogP contribution in [0.15, 0.2) is 72.8 Å². The van der Waals surface area contributed by atoms with E-state index < -0.39 is 0 Å². The van der Waals surface area contributed by atoms with Crippen molar-refractivity contribution in [1.29, 1.82) is 0 Å². The highest BCUT2D eigenvalue weighted by molar-refractivity contribution is 6.30. The Kier molecular flexibility index (Phi) is 10.2. The number of likely N-dealkylation sites (tertiary alicyclic amines) is 2. The van der Waals surface area contributed by atoms with Gasteiger partial charge >= 0.3 is 0 Å². The molecule has 0 bridgehead atoms. The van der Waals surface area contributed by atoms with E-state index in [1.807, 2.05) is 72.8 Å². The fourth-order valence-corrected chi connectivity index (χ4v) is 6.65. The summed E-state index contributed by atoms with van der Waals surface area (Å²) in [7, 11) is 4.14. The summed E-state index contributed by atoms with van der Waals surface area (Å²) in [5.74, 6) is 0.265. The van der Waals surface area contributed by atoms with Gasteiger partial charge in [-0.1, -0.05) is 71.7 Å². The van der Waals surface area contributed by atoms with Gasteiger partial charge in [0.15, 0.2) is 0 Å². The molecular weight excluding hydrogens is 567 g/mol. The summed E-state index contributed by atoms with van der Waals surface area (Å²) in [5, 5.41) is 7.75. The summed E-state index contributed by atoms with van der Waals surface area (Å²) < 4.78 is 0. The standard InChI is InChI=1S/C34H40Cl2N4O2/c1-39-17-15-29(25-7-11-27(35)12-8-25)31(21-39)33(41)37-19-23-3-5-24(6-4-23)20-38-34(42)32-22-40(2)18-16-30(32)26-9-13-28(36)14-10-26/h3-14,29-32H,15-22H2,1-2H3,(H,37,41)(H,38,42)/t29-,30-,31+,32+/m0/s1. The second kappa shape index (κ2) is 14.0. The third-order valence-electron chi connectivity index (χ3n) is 8.86. The first-order valence-corrected chi connectivity index (χ1v) is 15.5. The molecule has 4 atom stereocenters. The molecule has 0 aliphatic carbocycles. The lowest BCUT2D eigenvalue weighted by Crippen LogP contribution is -2.45. The molecule has 2 amide bonds. The van der Waals surface area contributed by atoms with Crippen LogP contribution in [0, 0.1) is 11.8 Å². The van der Waals surface area contributed by atoms with E-state index in [0.29, 0.717) is 23.1 Å². The minimum atomic E-state index is -0.116. The van der Waals surface area contributed by atoms with Gasteiger partial charge in [0.25, 0.3) is 0 Å². The molecule has 2 N–H and O–H groups in total. The van der Waals surface area contributed by atoms with Crippen LogP contribution in [0.1, 0.15) is 46.9 Å². The van der Waals surface area contributed by atoms with E-state index in [9.17, 15) is 9.59 Å². The number of hydrogen-bond donors (Lipinski definition) is 2. The smallest absolute Gasteiger partial charge is 0.225 e. The van der Waals surface area contributed by atoms with E-state index in [0.717, 1.165) is 50.1 Å². The monoisotopic (exact) mass is 606 g/mol. The lowest BCUT2D eigenvalue weighted by Gasteiger charge is -2.36. The molecule has 6 nitrogen and oxygen atoms in total. The van der Waals surface area contributed by atoms with Gasteiger partial charge in [0.05, 0.1) is 11.8 Å². The predicted octanol–water partition coefficient (Wildman–Crippen LogP) is 5.70. The maximum Gasteiger partial charge on any atom is 0.225 e. The van der Waals surface area contributed by atoms with Gasteiger partial charge < -0.3 is 20.4 Å². The van der Waals surface area contributed by atoms with Gasteiger partial charge in [-0.2, -0.15) is 0 Å². The third-order valence-corrected chi connectivity index (χ3v) is 9.36. The van der Waals surface area contributed by atoms with E-state index >= 15 is 0 Å². The summed E-state index contributed by atoms with van der Waals surface area (Å²) in [6.45, 7) is 4.33. The van der Waals surface area contributed by atoms with Crippen LogP contribution >= 0.6 is 23.2 Å². The summed E-state index contributed by atoms with van der Waals surface area (Å²) in [4.78, 5) is 31.1. The number of rotatable bonds is 8. The number of benzene rings is 3. The molecule has 222 valence electrons. The third kappa shape index (κ3) is 7.73. The number of halogens is 2. The molecule has 2 saturated heterocycles. The molecule has 3 aromatic rings. The highest BCUT2D eigenvalue weighted by atomic mass is 35.5. The van der Waals surface area contributed by atoms with Crippen LogP contribution in [0.25, 0.3) is 0 Å². The Morgan fingerprint density at radius 3 is 1.36 bits per heavy atom. The molecule has 3 aromatic carbocycles. The summed E-state index contributed by atoms with van der Waals surface area (Å²) in [6, 6.07) is 23.9. The Morgan fingerprint density at radius 2 is 1.00 bits per heavy atom.